The van der Waals surface area contributed by atoms with Crippen LogP contribution in [0.25, 0.3) is 0 Å². The molecule has 8 nitrogen and oxygen atoms in total. The van der Waals surface area contributed by atoms with E-state index in [0.717, 1.165) is 34.6 Å². The minimum atomic E-state index is -4.71. The summed E-state index contributed by atoms with van der Waals surface area (Å²) in [4.78, 5) is 23.6. The van der Waals surface area contributed by atoms with Crippen LogP contribution in [0.1, 0.15) is 21.5 Å². The maximum Gasteiger partial charge on any atom is 0.416 e. The Balaban J connectivity index is 1.77. The summed E-state index contributed by atoms with van der Waals surface area (Å²) in [5, 5.41) is 11.1. The number of amides is 1. The number of nitro benzene ring substituents is 1. The largest absolute Gasteiger partial charge is 0.416 e. The van der Waals surface area contributed by atoms with Crippen LogP contribution in [0, 0.1) is 22.9 Å². The molecule has 1 aliphatic heterocycles. The van der Waals surface area contributed by atoms with Gasteiger partial charge < -0.3 is 4.90 Å². The molecule has 0 saturated carbocycles. The first kappa shape index (κ1) is 23.6. The highest BCUT2D eigenvalue weighted by Crippen LogP contribution is 2.31. The van der Waals surface area contributed by atoms with Gasteiger partial charge in [0.05, 0.1) is 20.9 Å². The van der Waals surface area contributed by atoms with Crippen molar-refractivity contribution in [1.82, 2.24) is 9.21 Å². The lowest BCUT2D eigenvalue weighted by molar-refractivity contribution is -0.385. The number of nitrogens with zero attached hydrogens (tertiary/aromatic N) is 3. The number of piperazine rings is 1. The van der Waals surface area contributed by atoms with Gasteiger partial charge in [0, 0.05) is 37.8 Å². The summed E-state index contributed by atoms with van der Waals surface area (Å²) in [5.41, 5.74) is -2.13. The topological polar surface area (TPSA) is 101 Å². The molecule has 0 unspecified atom stereocenters. The Morgan fingerprint density at radius 1 is 1.09 bits per heavy atom. The number of carbonyl (C=O) groups excluding carboxylic acids is 1. The first-order valence-corrected chi connectivity index (χ1v) is 10.7. The highest BCUT2D eigenvalue weighted by Gasteiger charge is 2.35. The lowest BCUT2D eigenvalue weighted by Gasteiger charge is -2.34. The van der Waals surface area contributed by atoms with E-state index < -0.39 is 49.0 Å². The van der Waals surface area contributed by atoms with Crippen molar-refractivity contribution in [1.29, 1.82) is 0 Å². The number of hydrogen-bond donors (Lipinski definition) is 0. The molecule has 32 heavy (non-hydrogen) atoms. The molecule has 0 atom stereocenters. The quantitative estimate of drug-likeness (QED) is 0.384. The van der Waals surface area contributed by atoms with E-state index in [1.165, 1.54) is 11.8 Å². The van der Waals surface area contributed by atoms with E-state index in [1.807, 2.05) is 0 Å². The van der Waals surface area contributed by atoms with Crippen LogP contribution in [0.4, 0.5) is 23.2 Å². The number of benzene rings is 2. The summed E-state index contributed by atoms with van der Waals surface area (Å²) < 4.78 is 79.2. The van der Waals surface area contributed by atoms with Crippen LogP contribution in [-0.2, 0) is 16.2 Å². The standard InChI is InChI=1S/C19H17F4N3O5S/c1-12-16(20)9-13(10-17(12)26(28)29)18(27)24-5-7-25(8-6-24)32(30,31)15-4-2-3-14(11-15)19(21,22)23/h2-4,9-11H,5-8H2,1H3. The van der Waals surface area contributed by atoms with Crippen molar-refractivity contribution >= 4 is 21.6 Å². The van der Waals surface area contributed by atoms with E-state index in [9.17, 15) is 40.9 Å². The predicted molar refractivity (Wildman–Crippen MR) is 104 cm³/mol. The molecule has 3 rings (SSSR count). The van der Waals surface area contributed by atoms with Crippen LogP contribution in [0.15, 0.2) is 41.3 Å². The number of hydrogen-bond acceptors (Lipinski definition) is 5. The molecular formula is C19H17F4N3O5S. The molecule has 0 radical (unpaired) electrons. The van der Waals surface area contributed by atoms with Gasteiger partial charge in [-0.25, -0.2) is 12.8 Å². The molecule has 2 aromatic rings. The molecular weight excluding hydrogens is 458 g/mol. The lowest BCUT2D eigenvalue weighted by atomic mass is 10.1. The second-order valence-electron chi connectivity index (χ2n) is 7.08. The number of sulfonamides is 1. The van der Waals surface area contributed by atoms with Gasteiger partial charge in [0.1, 0.15) is 5.82 Å². The number of rotatable bonds is 4. The summed E-state index contributed by atoms with van der Waals surface area (Å²) in [5.74, 6) is -1.64. The van der Waals surface area contributed by atoms with E-state index in [4.69, 9.17) is 0 Å². The fourth-order valence-electron chi connectivity index (χ4n) is 3.27. The Labute approximate surface area is 180 Å². The van der Waals surface area contributed by atoms with Crippen LogP contribution in [-0.4, -0.2) is 54.6 Å². The maximum absolute atomic E-state index is 14.0. The third-order valence-electron chi connectivity index (χ3n) is 5.09. The van der Waals surface area contributed by atoms with Gasteiger partial charge in [-0.05, 0) is 31.2 Å². The van der Waals surface area contributed by atoms with Gasteiger partial charge >= 0.3 is 6.18 Å². The minimum absolute atomic E-state index is 0.125. The molecule has 0 N–H and O–H groups in total. The first-order chi connectivity index (χ1) is 14.8. The van der Waals surface area contributed by atoms with E-state index in [0.29, 0.717) is 6.07 Å². The molecule has 1 heterocycles. The van der Waals surface area contributed by atoms with Gasteiger partial charge in [-0.15, -0.1) is 0 Å². The Kier molecular flexibility index (Phi) is 6.24. The number of alkyl halides is 3. The molecule has 0 aromatic heterocycles. The minimum Gasteiger partial charge on any atom is -0.336 e. The van der Waals surface area contributed by atoms with Crippen molar-refractivity contribution in [2.24, 2.45) is 0 Å². The van der Waals surface area contributed by atoms with Crippen LogP contribution >= 0.6 is 0 Å². The smallest absolute Gasteiger partial charge is 0.336 e. The Hall–Kier alpha value is -3.06. The average Bonchev–Trinajstić information content (AvgIpc) is 2.74. The zero-order valence-corrected chi connectivity index (χ0v) is 17.4. The number of carbonyl (C=O) groups is 1. The number of halogens is 4. The van der Waals surface area contributed by atoms with E-state index >= 15 is 0 Å². The molecule has 2 aromatic carbocycles. The van der Waals surface area contributed by atoms with Gasteiger partial charge in [0.2, 0.25) is 10.0 Å². The highest BCUT2D eigenvalue weighted by molar-refractivity contribution is 7.89. The third-order valence-corrected chi connectivity index (χ3v) is 6.98. The van der Waals surface area contributed by atoms with Crippen molar-refractivity contribution in [2.75, 3.05) is 26.2 Å². The van der Waals surface area contributed by atoms with Crippen molar-refractivity contribution < 1.29 is 35.7 Å². The molecule has 0 aliphatic carbocycles. The molecule has 13 heteroatoms. The zero-order chi connectivity index (χ0) is 23.8. The fraction of sp³-hybridized carbons (Fsp3) is 0.316. The van der Waals surface area contributed by atoms with Gasteiger partial charge in [-0.3, -0.25) is 14.9 Å². The molecule has 1 aliphatic rings. The monoisotopic (exact) mass is 475 g/mol. The van der Waals surface area contributed by atoms with Gasteiger partial charge in [0.25, 0.3) is 11.6 Å². The van der Waals surface area contributed by atoms with Gasteiger partial charge in [0.15, 0.2) is 0 Å². The van der Waals surface area contributed by atoms with Gasteiger partial charge in [-0.1, -0.05) is 6.07 Å². The molecule has 172 valence electrons. The van der Waals surface area contributed by atoms with Crippen LogP contribution in [0.5, 0.6) is 0 Å². The summed E-state index contributed by atoms with van der Waals surface area (Å²) in [6.45, 7) is 0.543. The summed E-state index contributed by atoms with van der Waals surface area (Å²) in [6, 6.07) is 5.17. The van der Waals surface area contributed by atoms with E-state index in [1.54, 1.807) is 0 Å². The van der Waals surface area contributed by atoms with Gasteiger partial charge in [-0.2, -0.15) is 17.5 Å². The molecule has 1 amide bonds. The van der Waals surface area contributed by atoms with Crippen LogP contribution in [0.2, 0.25) is 0 Å². The first-order valence-electron chi connectivity index (χ1n) is 9.23. The normalized spacial score (nSPS) is 15.6. The fourth-order valence-corrected chi connectivity index (χ4v) is 4.74. The molecule has 1 fully saturated rings. The zero-order valence-electron chi connectivity index (χ0n) is 16.6. The Morgan fingerprint density at radius 2 is 1.72 bits per heavy atom. The Bertz CT molecular complexity index is 1180. The maximum atomic E-state index is 14.0. The SMILES string of the molecule is Cc1c(F)cc(C(=O)N2CCN(S(=O)(=O)c3cccc(C(F)(F)F)c3)CC2)cc1[N+](=O)[O-]. The highest BCUT2D eigenvalue weighted by atomic mass is 32.2. The Morgan fingerprint density at radius 3 is 2.28 bits per heavy atom. The van der Waals surface area contributed by atoms with Crippen molar-refractivity contribution in [2.45, 2.75) is 18.0 Å². The van der Waals surface area contributed by atoms with E-state index in [-0.39, 0.29) is 37.3 Å². The second kappa shape index (κ2) is 8.47. The average molecular weight is 475 g/mol. The molecule has 0 bridgehead atoms. The molecule has 1 saturated heterocycles. The number of nitro groups is 1. The second-order valence-corrected chi connectivity index (χ2v) is 9.02. The van der Waals surface area contributed by atoms with Crippen molar-refractivity contribution in [3.05, 3.63) is 69.0 Å². The lowest BCUT2D eigenvalue weighted by Crippen LogP contribution is -2.50. The van der Waals surface area contributed by atoms with Crippen molar-refractivity contribution in [3.8, 4) is 0 Å². The summed E-state index contributed by atoms with van der Waals surface area (Å²) in [6.07, 6.45) is -4.71. The van der Waals surface area contributed by atoms with Crippen molar-refractivity contribution in [3.63, 3.8) is 0 Å². The van der Waals surface area contributed by atoms with E-state index in [2.05, 4.69) is 0 Å². The van der Waals surface area contributed by atoms with Crippen LogP contribution in [0.3, 0.4) is 0 Å². The van der Waals surface area contributed by atoms with Crippen LogP contribution < -0.4 is 0 Å². The third kappa shape index (κ3) is 4.58. The summed E-state index contributed by atoms with van der Waals surface area (Å²) in [7, 11) is -4.24. The molecule has 0 spiro atoms. The summed E-state index contributed by atoms with van der Waals surface area (Å²) >= 11 is 0. The predicted octanol–water partition coefficient (Wildman–Crippen LogP) is 3.21.